The van der Waals surface area contributed by atoms with Gasteiger partial charge < -0.3 is 15.0 Å². The Morgan fingerprint density at radius 3 is 2.92 bits per heavy atom. The number of hydrogen-bond donors (Lipinski definition) is 1. The van der Waals surface area contributed by atoms with Crippen molar-refractivity contribution in [3.8, 4) is 0 Å². The van der Waals surface area contributed by atoms with Gasteiger partial charge in [-0.25, -0.2) is 4.79 Å². The highest BCUT2D eigenvalue weighted by atomic mass is 16.6. The van der Waals surface area contributed by atoms with E-state index >= 15 is 0 Å². The zero-order chi connectivity index (χ0) is 17.6. The third-order valence-corrected chi connectivity index (χ3v) is 4.67. The summed E-state index contributed by atoms with van der Waals surface area (Å²) >= 11 is 0. The number of carbonyl (C=O) groups excluding carboxylic acids is 1. The third-order valence-electron chi connectivity index (χ3n) is 4.67. The summed E-state index contributed by atoms with van der Waals surface area (Å²) in [5.41, 5.74) is 0.413. The second-order valence-corrected chi connectivity index (χ2v) is 6.51. The van der Waals surface area contributed by atoms with Gasteiger partial charge in [-0.15, -0.1) is 0 Å². The normalized spacial score (nSPS) is 21.8. The van der Waals surface area contributed by atoms with Crippen LogP contribution in [0, 0.1) is 10.1 Å². The molecule has 2 aliphatic rings. The average Bonchev–Trinajstić information content (AvgIpc) is 2.99. The number of rotatable bonds is 4. The first-order valence-electron chi connectivity index (χ1n) is 8.76. The summed E-state index contributed by atoms with van der Waals surface area (Å²) in [6.07, 6.45) is 3.49. The summed E-state index contributed by atoms with van der Waals surface area (Å²) in [6, 6.07) is 5.80. The molecule has 1 atom stereocenters. The lowest BCUT2D eigenvalue weighted by Gasteiger charge is -2.24. The molecule has 0 bridgehead atoms. The van der Waals surface area contributed by atoms with Gasteiger partial charge in [0.2, 0.25) is 0 Å². The van der Waals surface area contributed by atoms with Crippen LogP contribution in [0.3, 0.4) is 0 Å². The van der Waals surface area contributed by atoms with Crippen LogP contribution in [-0.2, 0) is 4.74 Å². The molecule has 0 radical (unpaired) electrons. The van der Waals surface area contributed by atoms with Gasteiger partial charge in [0.15, 0.2) is 0 Å². The molecule has 2 aliphatic heterocycles. The number of nitrogens with one attached hydrogen (secondary N) is 1. The van der Waals surface area contributed by atoms with Crippen molar-refractivity contribution in [3.05, 3.63) is 34.4 Å². The van der Waals surface area contributed by atoms with Crippen LogP contribution in [0.2, 0.25) is 0 Å². The van der Waals surface area contributed by atoms with Crippen molar-refractivity contribution in [2.45, 2.75) is 25.4 Å². The molecule has 25 heavy (non-hydrogen) atoms. The fraction of sp³-hybridized carbons (Fsp3) is 0.588. The van der Waals surface area contributed by atoms with Gasteiger partial charge in [-0.1, -0.05) is 6.07 Å². The largest absolute Gasteiger partial charge is 0.377 e. The predicted octanol–water partition coefficient (Wildman–Crippen LogP) is 2.31. The monoisotopic (exact) mass is 348 g/mol. The Morgan fingerprint density at radius 2 is 2.16 bits per heavy atom. The topological polar surface area (TPSA) is 87.9 Å². The zero-order valence-electron chi connectivity index (χ0n) is 14.2. The molecule has 0 spiro atoms. The third kappa shape index (κ3) is 4.90. The number of urea groups is 1. The molecular weight excluding hydrogens is 324 g/mol. The van der Waals surface area contributed by atoms with Gasteiger partial charge in [-0.3, -0.25) is 15.0 Å². The van der Waals surface area contributed by atoms with Crippen LogP contribution >= 0.6 is 0 Å². The van der Waals surface area contributed by atoms with E-state index in [1.54, 1.807) is 17.0 Å². The maximum atomic E-state index is 12.5. The van der Waals surface area contributed by atoms with E-state index in [1.807, 2.05) is 0 Å². The lowest BCUT2D eigenvalue weighted by Crippen LogP contribution is -2.39. The first kappa shape index (κ1) is 17.6. The summed E-state index contributed by atoms with van der Waals surface area (Å²) in [6.45, 7) is 4.90. The maximum absolute atomic E-state index is 12.5. The Hall–Kier alpha value is -2.19. The number of benzene rings is 1. The minimum atomic E-state index is -0.468. The minimum absolute atomic E-state index is 0.0311. The lowest BCUT2D eigenvalue weighted by atomic mass is 10.2. The molecule has 0 saturated carbocycles. The van der Waals surface area contributed by atoms with E-state index in [0.717, 1.165) is 45.5 Å². The van der Waals surface area contributed by atoms with Gasteiger partial charge >= 0.3 is 6.03 Å². The van der Waals surface area contributed by atoms with Crippen molar-refractivity contribution in [3.63, 3.8) is 0 Å². The molecule has 2 fully saturated rings. The van der Waals surface area contributed by atoms with Crippen LogP contribution < -0.4 is 5.32 Å². The van der Waals surface area contributed by atoms with Crippen molar-refractivity contribution in [1.82, 2.24) is 9.80 Å². The second kappa shape index (κ2) is 8.26. The lowest BCUT2D eigenvalue weighted by molar-refractivity contribution is -0.384. The number of carbonyl (C=O) groups is 1. The number of nitrogens with zero attached hydrogens (tertiary/aromatic N) is 3. The first-order chi connectivity index (χ1) is 12.1. The Bertz CT molecular complexity index is 618. The highest BCUT2D eigenvalue weighted by Crippen LogP contribution is 2.18. The molecule has 2 amide bonds. The van der Waals surface area contributed by atoms with Crippen LogP contribution in [0.25, 0.3) is 0 Å². The minimum Gasteiger partial charge on any atom is -0.377 e. The molecule has 8 heteroatoms. The van der Waals surface area contributed by atoms with Gasteiger partial charge in [-0.05, 0) is 31.9 Å². The average molecular weight is 348 g/mol. The first-order valence-corrected chi connectivity index (χ1v) is 8.76. The molecule has 136 valence electrons. The van der Waals surface area contributed by atoms with E-state index in [-0.39, 0.29) is 11.7 Å². The van der Waals surface area contributed by atoms with Crippen LogP contribution in [0.4, 0.5) is 16.2 Å². The summed E-state index contributed by atoms with van der Waals surface area (Å²) in [4.78, 5) is 26.9. The van der Waals surface area contributed by atoms with Crippen molar-refractivity contribution in [2.24, 2.45) is 0 Å². The Labute approximate surface area is 146 Å². The van der Waals surface area contributed by atoms with Crippen molar-refractivity contribution >= 4 is 17.4 Å². The summed E-state index contributed by atoms with van der Waals surface area (Å²) in [5.74, 6) is 0. The number of nitro benzene ring substituents is 1. The van der Waals surface area contributed by atoms with E-state index in [4.69, 9.17) is 4.74 Å². The molecule has 0 aromatic heterocycles. The standard InChI is InChI=1S/C17H24N4O4/c22-17(18-14-4-1-5-15(12-14)21(23)24)20-8-3-7-19(9-10-20)13-16-6-2-11-25-16/h1,4-5,12,16H,2-3,6-11,13H2,(H,18,22)/t16-/m1/s1. The molecule has 0 aliphatic carbocycles. The van der Waals surface area contributed by atoms with Crippen LogP contribution in [0.1, 0.15) is 19.3 Å². The zero-order valence-corrected chi connectivity index (χ0v) is 14.2. The van der Waals surface area contributed by atoms with E-state index in [2.05, 4.69) is 10.2 Å². The number of hydrogen-bond acceptors (Lipinski definition) is 5. The second-order valence-electron chi connectivity index (χ2n) is 6.51. The molecule has 2 saturated heterocycles. The number of ether oxygens (including phenoxy) is 1. The molecule has 1 N–H and O–H groups in total. The maximum Gasteiger partial charge on any atom is 0.321 e. The molecule has 2 heterocycles. The highest BCUT2D eigenvalue weighted by molar-refractivity contribution is 5.89. The molecule has 1 aromatic carbocycles. The Kier molecular flexibility index (Phi) is 5.83. The molecule has 1 aromatic rings. The van der Waals surface area contributed by atoms with Crippen LogP contribution in [0.15, 0.2) is 24.3 Å². The van der Waals surface area contributed by atoms with Crippen molar-refractivity contribution < 1.29 is 14.5 Å². The van der Waals surface area contributed by atoms with Crippen molar-refractivity contribution in [1.29, 1.82) is 0 Å². The van der Waals surface area contributed by atoms with E-state index in [9.17, 15) is 14.9 Å². The van der Waals surface area contributed by atoms with E-state index in [0.29, 0.717) is 24.9 Å². The smallest absolute Gasteiger partial charge is 0.321 e. The molecular formula is C17H24N4O4. The van der Waals surface area contributed by atoms with Crippen molar-refractivity contribution in [2.75, 3.05) is 44.6 Å². The highest BCUT2D eigenvalue weighted by Gasteiger charge is 2.23. The SMILES string of the molecule is O=C(Nc1cccc([N+](=O)[O-])c1)N1CCCN(C[C@H]2CCCO2)CC1. The summed E-state index contributed by atoms with van der Waals surface area (Å²) in [7, 11) is 0. The summed E-state index contributed by atoms with van der Waals surface area (Å²) < 4.78 is 5.69. The quantitative estimate of drug-likeness (QED) is 0.666. The van der Waals surface area contributed by atoms with Gasteiger partial charge in [0.1, 0.15) is 0 Å². The fourth-order valence-corrected chi connectivity index (χ4v) is 3.33. The molecule has 3 rings (SSSR count). The van der Waals surface area contributed by atoms with E-state index < -0.39 is 4.92 Å². The summed E-state index contributed by atoms with van der Waals surface area (Å²) in [5, 5.41) is 13.6. The van der Waals surface area contributed by atoms with Gasteiger partial charge in [0.05, 0.1) is 11.0 Å². The number of non-ortho nitro benzene ring substituents is 1. The molecule has 8 nitrogen and oxygen atoms in total. The number of anilines is 1. The Morgan fingerprint density at radius 1 is 1.28 bits per heavy atom. The predicted molar refractivity (Wildman–Crippen MR) is 93.7 cm³/mol. The fourth-order valence-electron chi connectivity index (χ4n) is 3.33. The number of amides is 2. The number of nitro groups is 1. The Balaban J connectivity index is 1.52. The van der Waals surface area contributed by atoms with Gasteiger partial charge in [0, 0.05) is 50.6 Å². The van der Waals surface area contributed by atoms with E-state index in [1.165, 1.54) is 12.1 Å². The van der Waals surface area contributed by atoms with Crippen LogP contribution in [-0.4, -0.2) is 66.2 Å². The molecule has 0 unspecified atom stereocenters. The van der Waals surface area contributed by atoms with Crippen LogP contribution in [0.5, 0.6) is 0 Å². The van der Waals surface area contributed by atoms with Gasteiger partial charge in [-0.2, -0.15) is 0 Å². The van der Waals surface area contributed by atoms with Gasteiger partial charge in [0.25, 0.3) is 5.69 Å².